The minimum atomic E-state index is -4.48. The van der Waals surface area contributed by atoms with Crippen molar-refractivity contribution < 1.29 is 22.0 Å². The maximum Gasteiger partial charge on any atom is 0.285 e. The number of carbonyl (C=O) groups excluding carboxylic acids is 1. The molecule has 3 rings (SSSR count). The summed E-state index contributed by atoms with van der Waals surface area (Å²) >= 11 is 0. The number of rotatable bonds is 4. The molecule has 1 amide bonds. The second-order valence-corrected chi connectivity index (χ2v) is 7.06. The third-order valence-corrected chi connectivity index (χ3v) is 5.75. The molecule has 0 aromatic carbocycles. The molecule has 0 unspecified atom stereocenters. The van der Waals surface area contributed by atoms with E-state index in [4.69, 9.17) is 0 Å². The Morgan fingerprint density at radius 2 is 1.95 bits per heavy atom. The number of pyridine rings is 2. The summed E-state index contributed by atoms with van der Waals surface area (Å²) in [6.07, 6.45) is -0.637. The summed E-state index contributed by atoms with van der Waals surface area (Å²) in [5, 5.41) is 0.593. The monoisotopic (exact) mass is 327 g/mol. The fraction of sp³-hybridized carbons (Fsp3) is 0.308. The maximum atomic E-state index is 12.9. The molecule has 0 radical (unpaired) electrons. The SMILES string of the molecule is O=C(NS(=O)(=O)C1(C(F)F)CC1)c1nccc2cccnc12. The molecular weight excluding hydrogens is 316 g/mol. The molecule has 0 aliphatic heterocycles. The summed E-state index contributed by atoms with van der Waals surface area (Å²) in [7, 11) is -4.48. The van der Waals surface area contributed by atoms with Crippen molar-refractivity contribution in [3.05, 3.63) is 36.3 Å². The zero-order chi connectivity index (χ0) is 16.0. The van der Waals surface area contributed by atoms with Crippen molar-refractivity contribution in [1.82, 2.24) is 14.7 Å². The predicted octanol–water partition coefficient (Wildman–Crippen LogP) is 1.49. The molecule has 0 bridgehead atoms. The highest BCUT2D eigenvalue weighted by Crippen LogP contribution is 2.47. The van der Waals surface area contributed by atoms with Crippen LogP contribution in [0.4, 0.5) is 8.78 Å². The number of hydrogen-bond donors (Lipinski definition) is 1. The van der Waals surface area contributed by atoms with Crippen LogP contribution in [-0.2, 0) is 10.0 Å². The molecule has 1 saturated carbocycles. The molecule has 2 heterocycles. The van der Waals surface area contributed by atoms with Crippen LogP contribution in [0.15, 0.2) is 30.6 Å². The minimum absolute atomic E-state index is 0.172. The lowest BCUT2D eigenvalue weighted by atomic mass is 10.2. The molecule has 1 aliphatic carbocycles. The van der Waals surface area contributed by atoms with Crippen molar-refractivity contribution in [3.63, 3.8) is 0 Å². The van der Waals surface area contributed by atoms with Crippen molar-refractivity contribution in [2.24, 2.45) is 0 Å². The predicted molar refractivity (Wildman–Crippen MR) is 73.9 cm³/mol. The first-order valence-corrected chi connectivity index (χ1v) is 7.90. The van der Waals surface area contributed by atoms with Gasteiger partial charge in [-0.2, -0.15) is 0 Å². The molecule has 2 aromatic heterocycles. The third-order valence-electron chi connectivity index (χ3n) is 3.64. The van der Waals surface area contributed by atoms with E-state index in [9.17, 15) is 22.0 Å². The Bertz CT molecular complexity index is 845. The molecular formula is C13H11F2N3O3S. The quantitative estimate of drug-likeness (QED) is 0.919. The average Bonchev–Trinajstić information content (AvgIpc) is 3.28. The summed E-state index contributed by atoms with van der Waals surface area (Å²) in [5.41, 5.74) is -0.00802. The number of nitrogens with zero attached hydrogens (tertiary/aromatic N) is 2. The van der Waals surface area contributed by atoms with Crippen LogP contribution in [0.25, 0.3) is 10.9 Å². The Hall–Kier alpha value is -2.16. The lowest BCUT2D eigenvalue weighted by molar-refractivity contribution is 0.0974. The zero-order valence-electron chi connectivity index (χ0n) is 11.2. The van der Waals surface area contributed by atoms with Gasteiger partial charge < -0.3 is 0 Å². The van der Waals surface area contributed by atoms with Crippen LogP contribution in [0.5, 0.6) is 0 Å². The van der Waals surface area contributed by atoms with Gasteiger partial charge in [-0.25, -0.2) is 26.9 Å². The molecule has 1 N–H and O–H groups in total. The normalized spacial score (nSPS) is 16.7. The Kier molecular flexibility index (Phi) is 3.32. The number of aromatic nitrogens is 2. The van der Waals surface area contributed by atoms with E-state index in [1.165, 1.54) is 12.4 Å². The van der Waals surface area contributed by atoms with Crippen molar-refractivity contribution in [2.75, 3.05) is 0 Å². The summed E-state index contributed by atoms with van der Waals surface area (Å²) < 4.78 is 49.4. The molecule has 116 valence electrons. The number of amides is 1. The van der Waals surface area contributed by atoms with Gasteiger partial charge in [0.05, 0.1) is 0 Å². The maximum absolute atomic E-state index is 12.9. The topological polar surface area (TPSA) is 89.0 Å². The van der Waals surface area contributed by atoms with Gasteiger partial charge in [0, 0.05) is 17.8 Å². The lowest BCUT2D eigenvalue weighted by Crippen LogP contribution is -2.43. The summed E-state index contributed by atoms with van der Waals surface area (Å²) in [6, 6.07) is 4.93. The summed E-state index contributed by atoms with van der Waals surface area (Å²) in [6.45, 7) is 0. The second kappa shape index (κ2) is 4.94. The van der Waals surface area contributed by atoms with Gasteiger partial charge in [0.25, 0.3) is 12.3 Å². The largest absolute Gasteiger partial charge is 0.285 e. The van der Waals surface area contributed by atoms with Gasteiger partial charge in [-0.3, -0.25) is 9.78 Å². The third kappa shape index (κ3) is 2.21. The smallest absolute Gasteiger partial charge is 0.266 e. The highest BCUT2D eigenvalue weighted by molar-refractivity contribution is 7.91. The highest BCUT2D eigenvalue weighted by Gasteiger charge is 2.62. The standard InChI is InChI=1S/C13H11F2N3O3S/c14-12(15)13(4-5-13)22(20,21)18-11(19)10-9-8(3-7-17-10)2-1-6-16-9/h1-3,6-7,12H,4-5H2,(H,18,19). The van der Waals surface area contributed by atoms with E-state index in [1.807, 2.05) is 0 Å². The fourth-order valence-electron chi connectivity index (χ4n) is 2.17. The first-order chi connectivity index (χ1) is 10.4. The Morgan fingerprint density at radius 1 is 1.23 bits per heavy atom. The van der Waals surface area contributed by atoms with Gasteiger partial charge in [0.15, 0.2) is 10.4 Å². The summed E-state index contributed by atoms with van der Waals surface area (Å²) in [5.74, 6) is -1.06. The molecule has 0 spiro atoms. The Morgan fingerprint density at radius 3 is 2.59 bits per heavy atom. The van der Waals surface area contributed by atoms with Crippen molar-refractivity contribution >= 4 is 26.8 Å². The van der Waals surface area contributed by atoms with Crippen LogP contribution >= 0.6 is 0 Å². The van der Waals surface area contributed by atoms with E-state index in [0.717, 1.165) is 0 Å². The van der Waals surface area contributed by atoms with Gasteiger partial charge >= 0.3 is 0 Å². The number of hydrogen-bond acceptors (Lipinski definition) is 5. The van der Waals surface area contributed by atoms with Gasteiger partial charge in [-0.1, -0.05) is 6.07 Å². The van der Waals surface area contributed by atoms with E-state index in [0.29, 0.717) is 5.39 Å². The van der Waals surface area contributed by atoms with E-state index in [2.05, 4.69) is 9.97 Å². The molecule has 0 saturated heterocycles. The molecule has 9 heteroatoms. The molecule has 22 heavy (non-hydrogen) atoms. The molecule has 0 atom stereocenters. The zero-order valence-corrected chi connectivity index (χ0v) is 12.0. The van der Waals surface area contributed by atoms with Crippen molar-refractivity contribution in [3.8, 4) is 0 Å². The number of halogens is 2. The molecule has 2 aromatic rings. The first kappa shape index (κ1) is 14.8. The van der Waals surface area contributed by atoms with Crippen LogP contribution in [0, 0.1) is 0 Å². The van der Waals surface area contributed by atoms with Crippen LogP contribution in [0.2, 0.25) is 0 Å². The Labute approximate surface area is 124 Å². The molecule has 6 nitrogen and oxygen atoms in total. The van der Waals surface area contributed by atoms with E-state index >= 15 is 0 Å². The number of sulfonamides is 1. The number of carbonyl (C=O) groups is 1. The summed E-state index contributed by atoms with van der Waals surface area (Å²) in [4.78, 5) is 19.9. The van der Waals surface area contributed by atoms with Crippen LogP contribution in [-0.4, -0.2) is 35.5 Å². The molecule has 1 aliphatic rings. The van der Waals surface area contributed by atoms with Crippen molar-refractivity contribution in [1.29, 1.82) is 0 Å². The number of alkyl halides is 2. The van der Waals surface area contributed by atoms with Crippen molar-refractivity contribution in [2.45, 2.75) is 24.0 Å². The number of nitrogens with one attached hydrogen (secondary N) is 1. The average molecular weight is 327 g/mol. The van der Waals surface area contributed by atoms with Crippen LogP contribution < -0.4 is 4.72 Å². The lowest BCUT2D eigenvalue weighted by Gasteiger charge is -2.15. The Balaban J connectivity index is 1.95. The van der Waals surface area contributed by atoms with Crippen LogP contribution in [0.3, 0.4) is 0 Å². The van der Waals surface area contributed by atoms with Gasteiger partial charge in [-0.15, -0.1) is 0 Å². The van der Waals surface area contributed by atoms with E-state index in [1.54, 1.807) is 22.9 Å². The molecule has 1 fully saturated rings. The van der Waals surface area contributed by atoms with Gasteiger partial charge in [0.2, 0.25) is 10.0 Å². The van der Waals surface area contributed by atoms with Gasteiger partial charge in [-0.05, 0) is 25.0 Å². The first-order valence-electron chi connectivity index (χ1n) is 6.42. The van der Waals surface area contributed by atoms with Crippen LogP contribution in [0.1, 0.15) is 23.3 Å². The number of fused-ring (bicyclic) bond motifs is 1. The highest BCUT2D eigenvalue weighted by atomic mass is 32.2. The van der Waals surface area contributed by atoms with E-state index < -0.39 is 27.1 Å². The second-order valence-electron chi connectivity index (χ2n) is 5.03. The fourth-order valence-corrected chi connectivity index (χ4v) is 3.59. The van der Waals surface area contributed by atoms with Gasteiger partial charge in [0.1, 0.15) is 5.52 Å². The van der Waals surface area contributed by atoms with E-state index in [-0.39, 0.29) is 24.1 Å². The minimum Gasteiger partial charge on any atom is -0.266 e.